The van der Waals surface area contributed by atoms with Gasteiger partial charge in [-0.2, -0.15) is 0 Å². The van der Waals surface area contributed by atoms with Gasteiger partial charge >= 0.3 is 0 Å². The molecule has 2 rings (SSSR count). The zero-order chi connectivity index (χ0) is 14.0. The number of anilines is 4. The molecule has 0 fully saturated rings. The summed E-state index contributed by atoms with van der Waals surface area (Å²) in [5.74, 6) is 0. The molecule has 100 valence electrons. The van der Waals surface area contributed by atoms with Crippen molar-refractivity contribution in [1.82, 2.24) is 0 Å². The van der Waals surface area contributed by atoms with Gasteiger partial charge in [0.25, 0.3) is 0 Å². The highest BCUT2D eigenvalue weighted by atomic mass is 127. The zero-order valence-corrected chi connectivity index (χ0v) is 13.5. The Labute approximate surface area is 127 Å². The van der Waals surface area contributed by atoms with Crippen LogP contribution in [0.1, 0.15) is 5.56 Å². The Kier molecular flexibility index (Phi) is 4.19. The monoisotopic (exact) mass is 367 g/mol. The van der Waals surface area contributed by atoms with Crippen LogP contribution in [0.4, 0.5) is 22.7 Å². The molecule has 0 aliphatic rings. The normalized spacial score (nSPS) is 10.3. The van der Waals surface area contributed by atoms with E-state index in [1.165, 1.54) is 11.3 Å². The van der Waals surface area contributed by atoms with Crippen molar-refractivity contribution >= 4 is 45.3 Å². The van der Waals surface area contributed by atoms with E-state index >= 15 is 0 Å². The molecule has 0 saturated carbocycles. The first-order valence-corrected chi connectivity index (χ1v) is 7.15. The molecule has 0 aliphatic carbocycles. The third-order valence-corrected chi connectivity index (χ3v) is 3.86. The summed E-state index contributed by atoms with van der Waals surface area (Å²) in [5, 5.41) is 3.43. The van der Waals surface area contributed by atoms with Gasteiger partial charge < -0.3 is 16.0 Å². The van der Waals surface area contributed by atoms with Crippen LogP contribution in [0.2, 0.25) is 0 Å². The van der Waals surface area contributed by atoms with Gasteiger partial charge in [0.05, 0.1) is 5.69 Å². The van der Waals surface area contributed by atoms with Crippen LogP contribution in [0.15, 0.2) is 36.4 Å². The van der Waals surface area contributed by atoms with Gasteiger partial charge in [-0.05, 0) is 65.4 Å². The average molecular weight is 367 g/mol. The van der Waals surface area contributed by atoms with Gasteiger partial charge in [0.15, 0.2) is 0 Å². The summed E-state index contributed by atoms with van der Waals surface area (Å²) >= 11 is 2.29. The highest BCUT2D eigenvalue weighted by Crippen LogP contribution is 2.28. The SMILES string of the molecule is Cc1ccc(Nc2ccc(N)cc2I)cc1N(C)C. The van der Waals surface area contributed by atoms with E-state index in [0.29, 0.717) is 0 Å². The van der Waals surface area contributed by atoms with Crippen LogP contribution >= 0.6 is 22.6 Å². The summed E-state index contributed by atoms with van der Waals surface area (Å²) in [6, 6.07) is 12.3. The van der Waals surface area contributed by atoms with Crippen LogP contribution in [-0.4, -0.2) is 14.1 Å². The second-order valence-electron chi connectivity index (χ2n) is 4.76. The lowest BCUT2D eigenvalue weighted by atomic mass is 10.1. The molecule has 19 heavy (non-hydrogen) atoms. The summed E-state index contributed by atoms with van der Waals surface area (Å²) < 4.78 is 1.12. The summed E-state index contributed by atoms with van der Waals surface area (Å²) in [4.78, 5) is 2.12. The van der Waals surface area contributed by atoms with Crippen LogP contribution in [0.25, 0.3) is 0 Å². The van der Waals surface area contributed by atoms with Gasteiger partial charge in [0.2, 0.25) is 0 Å². The summed E-state index contributed by atoms with van der Waals surface area (Å²) in [6.45, 7) is 2.12. The van der Waals surface area contributed by atoms with Gasteiger partial charge in [-0.15, -0.1) is 0 Å². The highest BCUT2D eigenvalue weighted by Gasteiger charge is 2.05. The molecule has 3 nitrogen and oxygen atoms in total. The smallest absolute Gasteiger partial charge is 0.0521 e. The van der Waals surface area contributed by atoms with Gasteiger partial charge in [0.1, 0.15) is 0 Å². The van der Waals surface area contributed by atoms with Crippen LogP contribution < -0.4 is 16.0 Å². The quantitative estimate of drug-likeness (QED) is 0.637. The molecule has 0 aromatic heterocycles. The minimum absolute atomic E-state index is 0.785. The lowest BCUT2D eigenvalue weighted by Gasteiger charge is -2.18. The number of halogens is 1. The van der Waals surface area contributed by atoms with Crippen molar-refractivity contribution in [2.45, 2.75) is 6.92 Å². The molecular formula is C15H18IN3. The molecule has 0 bridgehead atoms. The Morgan fingerprint density at radius 2 is 1.84 bits per heavy atom. The molecule has 0 unspecified atom stereocenters. The number of benzene rings is 2. The third kappa shape index (κ3) is 3.32. The van der Waals surface area contributed by atoms with Crippen molar-refractivity contribution in [2.24, 2.45) is 0 Å². The Bertz CT molecular complexity index is 594. The number of nitrogens with one attached hydrogen (secondary N) is 1. The van der Waals surface area contributed by atoms with Crippen molar-refractivity contribution < 1.29 is 0 Å². The van der Waals surface area contributed by atoms with E-state index in [9.17, 15) is 0 Å². The maximum absolute atomic E-state index is 5.77. The van der Waals surface area contributed by atoms with E-state index < -0.39 is 0 Å². The van der Waals surface area contributed by atoms with E-state index in [1.807, 2.05) is 18.2 Å². The Morgan fingerprint density at radius 1 is 1.11 bits per heavy atom. The lowest BCUT2D eigenvalue weighted by Crippen LogP contribution is -2.10. The fourth-order valence-electron chi connectivity index (χ4n) is 1.96. The van der Waals surface area contributed by atoms with E-state index in [2.05, 4.69) is 72.0 Å². The number of nitrogens with two attached hydrogens (primary N) is 1. The fraction of sp³-hybridized carbons (Fsp3) is 0.200. The Balaban J connectivity index is 2.31. The van der Waals surface area contributed by atoms with E-state index in [1.54, 1.807) is 0 Å². The predicted molar refractivity (Wildman–Crippen MR) is 92.4 cm³/mol. The van der Waals surface area contributed by atoms with Crippen molar-refractivity contribution in [3.63, 3.8) is 0 Å². The molecule has 0 spiro atoms. The molecule has 0 atom stereocenters. The van der Waals surface area contributed by atoms with E-state index in [0.717, 1.165) is 20.6 Å². The molecule has 0 amide bonds. The van der Waals surface area contributed by atoms with Gasteiger partial charge in [0, 0.05) is 34.7 Å². The highest BCUT2D eigenvalue weighted by molar-refractivity contribution is 14.1. The first-order valence-electron chi connectivity index (χ1n) is 6.07. The average Bonchev–Trinajstić information content (AvgIpc) is 2.34. The summed E-state index contributed by atoms with van der Waals surface area (Å²) in [7, 11) is 4.11. The third-order valence-electron chi connectivity index (χ3n) is 2.96. The van der Waals surface area contributed by atoms with Crippen molar-refractivity contribution in [1.29, 1.82) is 0 Å². The second kappa shape index (κ2) is 5.69. The predicted octanol–water partition coefficient (Wildman–Crippen LogP) is 3.99. The first kappa shape index (κ1) is 14.0. The fourth-order valence-corrected chi connectivity index (χ4v) is 2.63. The summed E-state index contributed by atoms with van der Waals surface area (Å²) in [6.07, 6.45) is 0. The molecule has 0 heterocycles. The molecule has 2 aromatic rings. The number of nitrogen functional groups attached to an aromatic ring is 1. The van der Waals surface area contributed by atoms with Gasteiger partial charge in [-0.3, -0.25) is 0 Å². The number of rotatable bonds is 3. The molecule has 0 saturated heterocycles. The van der Waals surface area contributed by atoms with Crippen molar-refractivity contribution in [3.8, 4) is 0 Å². The minimum atomic E-state index is 0.785. The van der Waals surface area contributed by atoms with Crippen LogP contribution in [-0.2, 0) is 0 Å². The van der Waals surface area contributed by atoms with Gasteiger partial charge in [-0.25, -0.2) is 0 Å². The Hall–Kier alpha value is -1.43. The zero-order valence-electron chi connectivity index (χ0n) is 11.4. The summed E-state index contributed by atoms with van der Waals surface area (Å²) in [5.41, 5.74) is 11.2. The molecular weight excluding hydrogens is 349 g/mol. The van der Waals surface area contributed by atoms with Crippen LogP contribution in [0.5, 0.6) is 0 Å². The molecule has 3 N–H and O–H groups in total. The van der Waals surface area contributed by atoms with E-state index in [4.69, 9.17) is 5.73 Å². The molecule has 2 aromatic carbocycles. The maximum Gasteiger partial charge on any atom is 0.0521 e. The molecule has 4 heteroatoms. The largest absolute Gasteiger partial charge is 0.399 e. The standard InChI is InChI=1S/C15H18IN3/c1-10-4-6-12(9-15(10)19(2)3)18-14-7-5-11(17)8-13(14)16/h4-9,18H,17H2,1-3H3. The number of nitrogens with zero attached hydrogens (tertiary/aromatic N) is 1. The van der Waals surface area contributed by atoms with Crippen molar-refractivity contribution in [2.75, 3.05) is 30.0 Å². The number of hydrogen-bond acceptors (Lipinski definition) is 3. The van der Waals surface area contributed by atoms with Crippen LogP contribution in [0, 0.1) is 10.5 Å². The molecule has 0 radical (unpaired) electrons. The number of aryl methyl sites for hydroxylation is 1. The Morgan fingerprint density at radius 3 is 2.47 bits per heavy atom. The number of hydrogen-bond donors (Lipinski definition) is 2. The maximum atomic E-state index is 5.77. The molecule has 0 aliphatic heterocycles. The first-order chi connectivity index (χ1) is 8.97. The van der Waals surface area contributed by atoms with Crippen LogP contribution in [0.3, 0.4) is 0 Å². The van der Waals surface area contributed by atoms with E-state index in [-0.39, 0.29) is 0 Å². The van der Waals surface area contributed by atoms with Gasteiger partial charge in [-0.1, -0.05) is 6.07 Å². The topological polar surface area (TPSA) is 41.3 Å². The lowest BCUT2D eigenvalue weighted by molar-refractivity contribution is 1.11. The minimum Gasteiger partial charge on any atom is -0.399 e. The second-order valence-corrected chi connectivity index (χ2v) is 5.92. The van der Waals surface area contributed by atoms with Crippen molar-refractivity contribution in [3.05, 3.63) is 45.5 Å².